The van der Waals surface area contributed by atoms with Crippen LogP contribution in [0.1, 0.15) is 40.5 Å². The van der Waals surface area contributed by atoms with Crippen molar-refractivity contribution in [1.82, 2.24) is 4.98 Å². The molecule has 4 rings (SSSR count). The molecule has 2 N–H and O–H groups in total. The van der Waals surface area contributed by atoms with Crippen LogP contribution in [-0.2, 0) is 4.74 Å². The maximum absolute atomic E-state index is 13.0. The van der Waals surface area contributed by atoms with E-state index in [0.29, 0.717) is 28.3 Å². The molecule has 0 saturated carbocycles. The molecule has 1 aromatic heterocycles. The smallest absolute Gasteiger partial charge is 0.341 e. The number of ether oxygens (including phenoxy) is 1. The third-order valence-electron chi connectivity index (χ3n) is 5.84. The number of amides is 1. The first kappa shape index (κ1) is 25.4. The van der Waals surface area contributed by atoms with Crippen molar-refractivity contribution in [2.45, 2.75) is 19.8 Å². The van der Waals surface area contributed by atoms with Gasteiger partial charge in [0.2, 0.25) is 0 Å². The minimum absolute atomic E-state index is 0.239. The van der Waals surface area contributed by atoms with E-state index >= 15 is 0 Å². The Morgan fingerprint density at radius 3 is 2.35 bits per heavy atom. The van der Waals surface area contributed by atoms with Crippen LogP contribution >= 0.6 is 0 Å². The molecular formula is C30H30N4O3. The van der Waals surface area contributed by atoms with Crippen molar-refractivity contribution in [1.29, 1.82) is 0 Å². The number of nitrogens with zero attached hydrogens (tertiary/aromatic N) is 2. The lowest BCUT2D eigenvalue weighted by Crippen LogP contribution is -2.18. The van der Waals surface area contributed by atoms with E-state index in [0.717, 1.165) is 30.8 Å². The van der Waals surface area contributed by atoms with Crippen LogP contribution < -0.4 is 15.5 Å². The molecular weight excluding hydrogens is 464 g/mol. The van der Waals surface area contributed by atoms with Crippen molar-refractivity contribution in [3.8, 4) is 0 Å². The quantitative estimate of drug-likeness (QED) is 0.236. The highest BCUT2D eigenvalue weighted by molar-refractivity contribution is 6.05. The van der Waals surface area contributed by atoms with E-state index in [9.17, 15) is 9.59 Å². The molecule has 1 amide bonds. The van der Waals surface area contributed by atoms with E-state index in [1.165, 1.54) is 7.11 Å². The normalized spacial score (nSPS) is 10.4. The molecule has 3 aromatic carbocycles. The van der Waals surface area contributed by atoms with Crippen molar-refractivity contribution >= 4 is 40.4 Å². The van der Waals surface area contributed by atoms with Crippen LogP contribution in [0.25, 0.3) is 0 Å². The van der Waals surface area contributed by atoms with Crippen molar-refractivity contribution in [2.24, 2.45) is 0 Å². The lowest BCUT2D eigenvalue weighted by molar-refractivity contribution is 0.0601. The number of hydrogen-bond donors (Lipinski definition) is 2. The highest BCUT2D eigenvalue weighted by Gasteiger charge is 2.14. The van der Waals surface area contributed by atoms with Gasteiger partial charge in [0.05, 0.1) is 7.11 Å². The summed E-state index contributed by atoms with van der Waals surface area (Å²) in [7, 11) is 1.32. The number of carbonyl (C=O) groups is 2. The second-order valence-corrected chi connectivity index (χ2v) is 8.44. The van der Waals surface area contributed by atoms with Gasteiger partial charge >= 0.3 is 5.97 Å². The number of anilines is 5. The van der Waals surface area contributed by atoms with E-state index in [1.54, 1.807) is 42.6 Å². The number of carbonyl (C=O) groups excluding carboxylic acids is 2. The Morgan fingerprint density at radius 1 is 0.865 bits per heavy atom. The molecule has 7 nitrogen and oxygen atoms in total. The summed E-state index contributed by atoms with van der Waals surface area (Å²) >= 11 is 0. The topological polar surface area (TPSA) is 83.6 Å². The summed E-state index contributed by atoms with van der Waals surface area (Å²) in [4.78, 5) is 31.5. The van der Waals surface area contributed by atoms with Crippen LogP contribution in [0.15, 0.2) is 97.2 Å². The van der Waals surface area contributed by atoms with Gasteiger partial charge in [0.15, 0.2) is 0 Å². The van der Waals surface area contributed by atoms with Gasteiger partial charge in [-0.25, -0.2) is 9.78 Å². The van der Waals surface area contributed by atoms with Crippen LogP contribution in [0.4, 0.5) is 28.6 Å². The van der Waals surface area contributed by atoms with Gasteiger partial charge in [-0.05, 0) is 73.2 Å². The Bertz CT molecular complexity index is 1340. The standard InChI is InChI=1S/C30H30N4O3/c1-3-4-20-34(25-12-6-5-7-13-25)26-17-15-23(16-18-26)33-29(35)22-10-8-11-24(21-22)32-28-27(30(36)37-2)14-9-19-31-28/h5-19,21H,3-4,20H2,1-2H3,(H,31,32)(H,33,35). The maximum Gasteiger partial charge on any atom is 0.341 e. The minimum Gasteiger partial charge on any atom is -0.465 e. The van der Waals surface area contributed by atoms with Crippen molar-refractivity contribution in [3.05, 3.63) is 108 Å². The second-order valence-electron chi connectivity index (χ2n) is 8.44. The summed E-state index contributed by atoms with van der Waals surface area (Å²) in [5.41, 5.74) is 4.32. The summed E-state index contributed by atoms with van der Waals surface area (Å²) < 4.78 is 4.82. The highest BCUT2D eigenvalue weighted by Crippen LogP contribution is 2.27. The molecule has 0 radical (unpaired) electrons. The molecule has 0 saturated heterocycles. The number of aromatic nitrogens is 1. The lowest BCUT2D eigenvalue weighted by atomic mass is 10.1. The van der Waals surface area contributed by atoms with Gasteiger partial charge in [-0.1, -0.05) is 37.6 Å². The number of para-hydroxylation sites is 1. The van der Waals surface area contributed by atoms with Gasteiger partial charge in [0, 0.05) is 41.1 Å². The van der Waals surface area contributed by atoms with Crippen LogP contribution in [0, 0.1) is 0 Å². The Labute approximate surface area is 217 Å². The fourth-order valence-electron chi connectivity index (χ4n) is 3.91. The van der Waals surface area contributed by atoms with E-state index in [-0.39, 0.29) is 5.91 Å². The zero-order valence-electron chi connectivity index (χ0n) is 21.0. The van der Waals surface area contributed by atoms with Gasteiger partial charge in [-0.2, -0.15) is 0 Å². The summed E-state index contributed by atoms with van der Waals surface area (Å²) in [5.74, 6) is -0.376. The largest absolute Gasteiger partial charge is 0.465 e. The maximum atomic E-state index is 13.0. The molecule has 188 valence electrons. The first-order valence-corrected chi connectivity index (χ1v) is 12.2. The molecule has 4 aromatic rings. The molecule has 0 spiro atoms. The van der Waals surface area contributed by atoms with E-state index in [2.05, 4.69) is 39.6 Å². The number of hydrogen-bond acceptors (Lipinski definition) is 6. The predicted molar refractivity (Wildman–Crippen MR) is 148 cm³/mol. The molecule has 0 aliphatic heterocycles. The molecule has 0 bridgehead atoms. The first-order valence-electron chi connectivity index (χ1n) is 12.2. The molecule has 0 aliphatic carbocycles. The zero-order chi connectivity index (χ0) is 26.0. The minimum atomic E-state index is -0.492. The summed E-state index contributed by atoms with van der Waals surface area (Å²) in [5, 5.41) is 6.06. The fourth-order valence-corrected chi connectivity index (χ4v) is 3.91. The molecule has 0 atom stereocenters. The van der Waals surface area contributed by atoms with Crippen LogP contribution in [0.3, 0.4) is 0 Å². The van der Waals surface area contributed by atoms with Crippen LogP contribution in [-0.4, -0.2) is 30.5 Å². The molecule has 0 unspecified atom stereocenters. The average molecular weight is 495 g/mol. The number of rotatable bonds is 10. The van der Waals surface area contributed by atoms with Crippen LogP contribution in [0.2, 0.25) is 0 Å². The van der Waals surface area contributed by atoms with Gasteiger partial charge in [-0.3, -0.25) is 4.79 Å². The van der Waals surface area contributed by atoms with E-state index < -0.39 is 5.97 Å². The molecule has 1 heterocycles. The Balaban J connectivity index is 1.47. The Morgan fingerprint density at radius 2 is 1.62 bits per heavy atom. The number of esters is 1. The summed E-state index contributed by atoms with van der Waals surface area (Å²) in [6, 6.07) is 28.5. The summed E-state index contributed by atoms with van der Waals surface area (Å²) in [6.45, 7) is 3.10. The van der Waals surface area contributed by atoms with Crippen molar-refractivity contribution < 1.29 is 14.3 Å². The zero-order valence-corrected chi connectivity index (χ0v) is 21.0. The van der Waals surface area contributed by atoms with Crippen molar-refractivity contribution in [3.63, 3.8) is 0 Å². The molecule has 7 heteroatoms. The van der Waals surface area contributed by atoms with Crippen molar-refractivity contribution in [2.75, 3.05) is 29.2 Å². The number of benzene rings is 3. The number of pyridine rings is 1. The third kappa shape index (κ3) is 6.52. The van der Waals surface area contributed by atoms with E-state index in [4.69, 9.17) is 4.74 Å². The van der Waals surface area contributed by atoms with Crippen LogP contribution in [0.5, 0.6) is 0 Å². The first-order chi connectivity index (χ1) is 18.1. The predicted octanol–water partition coefficient (Wildman–Crippen LogP) is 6.80. The van der Waals surface area contributed by atoms with Gasteiger partial charge < -0.3 is 20.3 Å². The Hall–Kier alpha value is -4.65. The lowest BCUT2D eigenvalue weighted by Gasteiger charge is -2.25. The second kappa shape index (κ2) is 12.4. The number of methoxy groups -OCH3 is 1. The van der Waals surface area contributed by atoms with Gasteiger partial charge in [-0.15, -0.1) is 0 Å². The fraction of sp³-hybridized carbons (Fsp3) is 0.167. The van der Waals surface area contributed by atoms with E-state index in [1.807, 2.05) is 42.5 Å². The van der Waals surface area contributed by atoms with Gasteiger partial charge in [0.25, 0.3) is 5.91 Å². The third-order valence-corrected chi connectivity index (χ3v) is 5.84. The monoisotopic (exact) mass is 494 g/mol. The molecule has 37 heavy (non-hydrogen) atoms. The summed E-state index contributed by atoms with van der Waals surface area (Å²) in [6.07, 6.45) is 3.77. The SMILES string of the molecule is CCCCN(c1ccccc1)c1ccc(NC(=O)c2cccc(Nc3ncccc3C(=O)OC)c2)cc1. The average Bonchev–Trinajstić information content (AvgIpc) is 2.94. The number of nitrogens with one attached hydrogen (secondary N) is 2. The molecule has 0 fully saturated rings. The number of unbranched alkanes of at least 4 members (excludes halogenated alkanes) is 1. The Kier molecular flexibility index (Phi) is 8.49. The molecule has 0 aliphatic rings. The highest BCUT2D eigenvalue weighted by atomic mass is 16.5. The van der Waals surface area contributed by atoms with Gasteiger partial charge in [0.1, 0.15) is 11.4 Å².